The monoisotopic (exact) mass is 539 g/mol. The van der Waals surface area contributed by atoms with Gasteiger partial charge < -0.3 is 19.3 Å². The molecule has 0 saturated carbocycles. The first-order chi connectivity index (χ1) is 18.3. The van der Waals surface area contributed by atoms with Crippen LogP contribution in [-0.4, -0.2) is 64.8 Å². The van der Waals surface area contributed by atoms with Crippen LogP contribution < -0.4 is 14.8 Å². The van der Waals surface area contributed by atoms with E-state index in [2.05, 4.69) is 5.32 Å². The van der Waals surface area contributed by atoms with Gasteiger partial charge in [0.05, 0.1) is 11.1 Å². The Morgan fingerprint density at radius 2 is 1.95 bits per heavy atom. The summed E-state index contributed by atoms with van der Waals surface area (Å²) in [5, 5.41) is 2.77. The fourth-order valence-electron chi connectivity index (χ4n) is 5.31. The summed E-state index contributed by atoms with van der Waals surface area (Å²) in [6, 6.07) is 11.6. The SMILES string of the molecule is CC(Oc1ccccc1Cl)C(=O)N1CCCC[C@H]1COc1ccc2c(c1)CN(C1CCC(=O)NC1=O)C2=O. The van der Waals surface area contributed by atoms with E-state index in [0.29, 0.717) is 41.7 Å². The molecule has 1 N–H and O–H groups in total. The minimum atomic E-state index is -0.695. The molecule has 3 aliphatic heterocycles. The number of hydrogen-bond acceptors (Lipinski definition) is 6. The van der Waals surface area contributed by atoms with Gasteiger partial charge in [-0.1, -0.05) is 23.7 Å². The molecule has 200 valence electrons. The molecule has 9 nitrogen and oxygen atoms in total. The lowest BCUT2D eigenvalue weighted by molar-refractivity contribution is -0.142. The molecule has 0 spiro atoms. The molecule has 0 aliphatic carbocycles. The molecule has 0 bridgehead atoms. The quantitative estimate of drug-likeness (QED) is 0.541. The molecule has 4 amide bonds. The molecule has 3 heterocycles. The van der Waals surface area contributed by atoms with Crippen molar-refractivity contribution in [1.82, 2.24) is 15.1 Å². The van der Waals surface area contributed by atoms with Crippen LogP contribution in [0.1, 0.15) is 54.9 Å². The number of rotatable bonds is 7. The Kier molecular flexibility index (Phi) is 7.56. The molecule has 10 heteroatoms. The maximum absolute atomic E-state index is 13.3. The number of fused-ring (bicyclic) bond motifs is 1. The highest BCUT2D eigenvalue weighted by atomic mass is 35.5. The highest BCUT2D eigenvalue weighted by Gasteiger charge is 2.39. The number of hydrogen-bond donors (Lipinski definition) is 1. The Bertz CT molecular complexity index is 1270. The maximum atomic E-state index is 13.3. The van der Waals surface area contributed by atoms with E-state index in [9.17, 15) is 19.2 Å². The standard InChI is InChI=1S/C28H30ClN3O6/c1-17(38-24-8-3-2-7-22(24)29)27(35)31-13-5-4-6-19(31)16-37-20-9-10-21-18(14-20)15-32(28(21)36)23-11-12-25(33)30-26(23)34/h2-3,7-10,14,17,19,23H,4-6,11-13,15-16H2,1H3,(H,30,33,34)/t17?,19-,23?/m0/s1. The van der Waals surface area contributed by atoms with Crippen molar-refractivity contribution in [3.63, 3.8) is 0 Å². The fraction of sp³-hybridized carbons (Fsp3) is 0.429. The zero-order chi connectivity index (χ0) is 26.8. The number of amides is 4. The third kappa shape index (κ3) is 5.34. The smallest absolute Gasteiger partial charge is 0.263 e. The van der Waals surface area contributed by atoms with Crippen molar-refractivity contribution in [3.8, 4) is 11.5 Å². The summed E-state index contributed by atoms with van der Waals surface area (Å²) < 4.78 is 12.0. The predicted molar refractivity (Wildman–Crippen MR) is 139 cm³/mol. The van der Waals surface area contributed by atoms with Gasteiger partial charge in [0, 0.05) is 25.1 Å². The third-order valence-corrected chi connectivity index (χ3v) is 7.65. The van der Waals surface area contributed by atoms with Crippen LogP contribution >= 0.6 is 11.6 Å². The number of likely N-dealkylation sites (tertiary alicyclic amines) is 1. The molecule has 0 aromatic heterocycles. The number of halogens is 1. The molecule has 2 aromatic rings. The van der Waals surface area contributed by atoms with Crippen LogP contribution in [0, 0.1) is 0 Å². The normalized spacial score (nSPS) is 22.1. The summed E-state index contributed by atoms with van der Waals surface area (Å²) in [4.78, 5) is 53.3. The minimum Gasteiger partial charge on any atom is -0.491 e. The summed E-state index contributed by atoms with van der Waals surface area (Å²) in [6.07, 6.45) is 2.56. The van der Waals surface area contributed by atoms with E-state index in [0.717, 1.165) is 24.8 Å². The fourth-order valence-corrected chi connectivity index (χ4v) is 5.49. The second kappa shape index (κ2) is 11.0. The van der Waals surface area contributed by atoms with Gasteiger partial charge in [-0.05, 0) is 68.5 Å². The minimum absolute atomic E-state index is 0.108. The highest BCUT2D eigenvalue weighted by molar-refractivity contribution is 6.32. The summed E-state index contributed by atoms with van der Waals surface area (Å²) in [6.45, 7) is 2.95. The summed E-state index contributed by atoms with van der Waals surface area (Å²) in [7, 11) is 0. The van der Waals surface area contributed by atoms with Gasteiger partial charge in [-0.15, -0.1) is 0 Å². The number of benzene rings is 2. The van der Waals surface area contributed by atoms with Crippen molar-refractivity contribution in [2.75, 3.05) is 13.2 Å². The van der Waals surface area contributed by atoms with Crippen LogP contribution in [0.2, 0.25) is 5.02 Å². The van der Waals surface area contributed by atoms with Gasteiger partial charge in [-0.25, -0.2) is 0 Å². The summed E-state index contributed by atoms with van der Waals surface area (Å²) in [5.41, 5.74) is 1.30. The topological polar surface area (TPSA) is 105 Å². The molecule has 2 unspecified atom stereocenters. The van der Waals surface area contributed by atoms with Crippen molar-refractivity contribution in [1.29, 1.82) is 0 Å². The van der Waals surface area contributed by atoms with Crippen molar-refractivity contribution in [3.05, 3.63) is 58.6 Å². The number of carbonyl (C=O) groups excluding carboxylic acids is 4. The van der Waals surface area contributed by atoms with Crippen LogP contribution in [-0.2, 0) is 20.9 Å². The molecule has 2 fully saturated rings. The first-order valence-electron chi connectivity index (χ1n) is 12.9. The zero-order valence-electron chi connectivity index (χ0n) is 21.2. The Morgan fingerprint density at radius 3 is 2.74 bits per heavy atom. The number of piperidine rings is 2. The first kappa shape index (κ1) is 26.0. The van der Waals surface area contributed by atoms with Crippen LogP contribution in [0.25, 0.3) is 0 Å². The average Bonchev–Trinajstić information content (AvgIpc) is 3.23. The van der Waals surface area contributed by atoms with Crippen molar-refractivity contribution >= 4 is 35.2 Å². The van der Waals surface area contributed by atoms with E-state index < -0.39 is 18.1 Å². The van der Waals surface area contributed by atoms with Gasteiger partial charge in [0.2, 0.25) is 11.8 Å². The Labute approximate surface area is 226 Å². The number of para-hydroxylation sites is 1. The molecule has 38 heavy (non-hydrogen) atoms. The Morgan fingerprint density at radius 1 is 1.13 bits per heavy atom. The molecule has 5 rings (SSSR count). The zero-order valence-corrected chi connectivity index (χ0v) is 21.9. The van der Waals surface area contributed by atoms with E-state index in [1.807, 2.05) is 17.0 Å². The Hall–Kier alpha value is -3.59. The summed E-state index contributed by atoms with van der Waals surface area (Å²) in [5.74, 6) is -0.0195. The average molecular weight is 540 g/mol. The maximum Gasteiger partial charge on any atom is 0.263 e. The van der Waals surface area contributed by atoms with Crippen molar-refractivity contribution in [2.45, 2.75) is 63.8 Å². The third-order valence-electron chi connectivity index (χ3n) is 7.34. The van der Waals surface area contributed by atoms with Gasteiger partial charge in [-0.3, -0.25) is 24.5 Å². The molecule has 3 aliphatic rings. The van der Waals surface area contributed by atoms with E-state index in [1.54, 1.807) is 37.3 Å². The molecular formula is C28H30ClN3O6. The number of imide groups is 1. The second-order valence-corrected chi connectivity index (χ2v) is 10.3. The van der Waals surface area contributed by atoms with Gasteiger partial charge in [0.1, 0.15) is 24.1 Å². The van der Waals surface area contributed by atoms with Gasteiger partial charge >= 0.3 is 0 Å². The van der Waals surface area contributed by atoms with E-state index in [4.69, 9.17) is 21.1 Å². The van der Waals surface area contributed by atoms with E-state index in [1.165, 1.54) is 4.90 Å². The lowest BCUT2D eigenvalue weighted by Crippen LogP contribution is -2.52. The van der Waals surface area contributed by atoms with E-state index in [-0.39, 0.29) is 36.7 Å². The van der Waals surface area contributed by atoms with Gasteiger partial charge in [0.15, 0.2) is 6.10 Å². The van der Waals surface area contributed by atoms with E-state index >= 15 is 0 Å². The van der Waals surface area contributed by atoms with Crippen LogP contribution in [0.15, 0.2) is 42.5 Å². The van der Waals surface area contributed by atoms with Gasteiger partial charge in [0.25, 0.3) is 11.8 Å². The molecule has 2 aromatic carbocycles. The van der Waals surface area contributed by atoms with Crippen molar-refractivity contribution < 1.29 is 28.7 Å². The lowest BCUT2D eigenvalue weighted by atomic mass is 10.0. The number of carbonyl (C=O) groups is 4. The van der Waals surface area contributed by atoms with Crippen molar-refractivity contribution in [2.24, 2.45) is 0 Å². The van der Waals surface area contributed by atoms with Crippen LogP contribution in [0.5, 0.6) is 11.5 Å². The Balaban J connectivity index is 1.22. The summed E-state index contributed by atoms with van der Waals surface area (Å²) >= 11 is 6.19. The molecule has 2 saturated heterocycles. The number of nitrogens with zero attached hydrogens (tertiary/aromatic N) is 2. The van der Waals surface area contributed by atoms with Crippen LogP contribution in [0.4, 0.5) is 0 Å². The number of nitrogens with one attached hydrogen (secondary N) is 1. The molecule has 0 radical (unpaired) electrons. The molecular weight excluding hydrogens is 510 g/mol. The van der Waals surface area contributed by atoms with Crippen LogP contribution in [0.3, 0.4) is 0 Å². The molecule has 3 atom stereocenters. The highest BCUT2D eigenvalue weighted by Crippen LogP contribution is 2.31. The second-order valence-electron chi connectivity index (χ2n) is 9.90. The predicted octanol–water partition coefficient (Wildman–Crippen LogP) is 3.33. The number of ether oxygens (including phenoxy) is 2. The van der Waals surface area contributed by atoms with Gasteiger partial charge in [-0.2, -0.15) is 0 Å². The largest absolute Gasteiger partial charge is 0.491 e. The first-order valence-corrected chi connectivity index (χ1v) is 13.3. The lowest BCUT2D eigenvalue weighted by Gasteiger charge is -2.37.